The molecule has 1 unspecified atom stereocenters. The number of hydrogen-bond donors (Lipinski definition) is 0. The Bertz CT molecular complexity index is 1230. The molecule has 1 atom stereocenters. The van der Waals surface area contributed by atoms with Gasteiger partial charge < -0.3 is 9.26 Å². The second-order valence-corrected chi connectivity index (χ2v) is 10.1. The quantitative estimate of drug-likeness (QED) is 0.577. The number of sulfonamides is 1. The van der Waals surface area contributed by atoms with Crippen molar-refractivity contribution in [2.75, 3.05) is 13.1 Å². The molecule has 3 aromatic rings. The Kier molecular flexibility index (Phi) is 4.86. The molecule has 2 aromatic heterocycles. The van der Waals surface area contributed by atoms with Crippen LogP contribution in [-0.2, 0) is 17.1 Å². The number of rotatable bonds is 6. The average molecular weight is 444 g/mol. The molecule has 3 heterocycles. The summed E-state index contributed by atoms with van der Waals surface area (Å²) in [5, 5.41) is 8.34. The van der Waals surface area contributed by atoms with E-state index in [2.05, 4.69) is 15.2 Å². The highest BCUT2D eigenvalue weighted by atomic mass is 32.2. The molecule has 0 amide bonds. The maximum absolute atomic E-state index is 13.2. The Balaban J connectivity index is 1.35. The zero-order chi connectivity index (χ0) is 21.8. The Labute approximate surface area is 181 Å². The number of aromatic nitrogens is 4. The van der Waals surface area contributed by atoms with E-state index in [1.807, 2.05) is 24.3 Å². The second kappa shape index (κ2) is 7.45. The fourth-order valence-electron chi connectivity index (χ4n) is 4.05. The van der Waals surface area contributed by atoms with Crippen molar-refractivity contribution < 1.29 is 17.7 Å². The van der Waals surface area contributed by atoms with Crippen LogP contribution in [0.1, 0.15) is 42.4 Å². The van der Waals surface area contributed by atoms with Crippen molar-refractivity contribution in [1.29, 1.82) is 0 Å². The van der Waals surface area contributed by atoms with Crippen molar-refractivity contribution in [2.24, 2.45) is 7.05 Å². The smallest absolute Gasteiger partial charge is 0.261 e. The van der Waals surface area contributed by atoms with Gasteiger partial charge in [-0.25, -0.2) is 8.42 Å². The predicted molar refractivity (Wildman–Crippen MR) is 112 cm³/mol. The van der Waals surface area contributed by atoms with E-state index in [-0.39, 0.29) is 17.5 Å². The summed E-state index contributed by atoms with van der Waals surface area (Å²) in [4.78, 5) is 4.81. The Hall–Kier alpha value is -2.72. The molecule has 1 aliphatic carbocycles. The molecule has 0 bridgehead atoms. The van der Waals surface area contributed by atoms with Gasteiger partial charge in [-0.3, -0.25) is 4.68 Å². The first-order valence-electron chi connectivity index (χ1n) is 10.4. The largest absolute Gasteiger partial charge is 0.488 e. The number of ether oxygens (including phenoxy) is 1. The summed E-state index contributed by atoms with van der Waals surface area (Å²) in [5.41, 5.74) is 1.87. The summed E-state index contributed by atoms with van der Waals surface area (Å²) in [6, 6.07) is 7.50. The summed E-state index contributed by atoms with van der Waals surface area (Å²) in [5.74, 6) is 2.19. The van der Waals surface area contributed by atoms with Gasteiger partial charge in [0.05, 0.1) is 23.5 Å². The molecule has 10 heteroatoms. The Morgan fingerprint density at radius 3 is 2.65 bits per heavy atom. The van der Waals surface area contributed by atoms with Gasteiger partial charge in [-0.2, -0.15) is 14.4 Å². The van der Waals surface area contributed by atoms with Crippen LogP contribution < -0.4 is 4.74 Å². The van der Waals surface area contributed by atoms with E-state index in [1.165, 1.54) is 4.31 Å². The standard InChI is InChI=1S/C21H25N5O4S/c1-13-19(14(2)25(3)23-13)31(27,28)26-11-10-16(12-26)29-18-7-5-4-6-17(18)21-22-20(24-30-21)15-8-9-15/h4-7,15-16H,8-12H2,1-3H3. The molecule has 5 rings (SSSR count). The molecule has 164 valence electrons. The van der Waals surface area contributed by atoms with Crippen molar-refractivity contribution >= 4 is 10.0 Å². The summed E-state index contributed by atoms with van der Waals surface area (Å²) in [7, 11) is -1.89. The number of nitrogens with zero attached hydrogens (tertiary/aromatic N) is 5. The number of para-hydroxylation sites is 1. The maximum atomic E-state index is 13.2. The van der Waals surface area contributed by atoms with E-state index in [0.717, 1.165) is 24.2 Å². The van der Waals surface area contributed by atoms with E-state index in [0.29, 0.717) is 41.9 Å². The van der Waals surface area contributed by atoms with E-state index < -0.39 is 10.0 Å². The van der Waals surface area contributed by atoms with Crippen LogP contribution in [0.3, 0.4) is 0 Å². The third kappa shape index (κ3) is 3.63. The molecule has 9 nitrogen and oxygen atoms in total. The third-order valence-corrected chi connectivity index (χ3v) is 8.06. The first-order chi connectivity index (χ1) is 14.8. The average Bonchev–Trinajstić information content (AvgIpc) is 3.16. The molecular formula is C21H25N5O4S. The van der Waals surface area contributed by atoms with Crippen molar-refractivity contribution in [1.82, 2.24) is 24.2 Å². The lowest BCUT2D eigenvalue weighted by molar-refractivity contribution is 0.216. The van der Waals surface area contributed by atoms with Gasteiger partial charge in [0.15, 0.2) is 5.82 Å². The topological polar surface area (TPSA) is 103 Å². The van der Waals surface area contributed by atoms with Crippen LogP contribution in [0.25, 0.3) is 11.5 Å². The minimum Gasteiger partial charge on any atom is -0.488 e. The van der Waals surface area contributed by atoms with E-state index in [4.69, 9.17) is 9.26 Å². The Morgan fingerprint density at radius 1 is 1.16 bits per heavy atom. The number of aryl methyl sites for hydroxylation is 2. The highest BCUT2D eigenvalue weighted by Crippen LogP contribution is 2.40. The molecule has 0 spiro atoms. The first kappa shape index (κ1) is 20.2. The molecule has 1 aromatic carbocycles. The maximum Gasteiger partial charge on any atom is 0.261 e. The van der Waals surface area contributed by atoms with E-state index in [1.54, 1.807) is 25.6 Å². The second-order valence-electron chi connectivity index (χ2n) is 8.24. The monoisotopic (exact) mass is 443 g/mol. The molecular weight excluding hydrogens is 418 g/mol. The summed E-state index contributed by atoms with van der Waals surface area (Å²) in [6.45, 7) is 4.17. The van der Waals surface area contributed by atoms with Crippen LogP contribution in [-0.4, -0.2) is 51.8 Å². The van der Waals surface area contributed by atoms with Gasteiger partial charge in [0.25, 0.3) is 5.89 Å². The molecule has 2 fully saturated rings. The lowest BCUT2D eigenvalue weighted by Crippen LogP contribution is -2.31. The molecule has 31 heavy (non-hydrogen) atoms. The highest BCUT2D eigenvalue weighted by Gasteiger charge is 2.37. The lowest BCUT2D eigenvalue weighted by Gasteiger charge is -2.18. The van der Waals surface area contributed by atoms with Gasteiger partial charge >= 0.3 is 0 Å². The third-order valence-electron chi connectivity index (χ3n) is 5.94. The normalized spacial score (nSPS) is 19.8. The molecule has 0 N–H and O–H groups in total. The molecule has 1 saturated heterocycles. The molecule has 0 radical (unpaired) electrons. The summed E-state index contributed by atoms with van der Waals surface area (Å²) in [6.07, 6.45) is 2.53. The summed E-state index contributed by atoms with van der Waals surface area (Å²) < 4.78 is 41.2. The van der Waals surface area contributed by atoms with E-state index >= 15 is 0 Å². The fourth-order valence-corrected chi connectivity index (χ4v) is 5.93. The minimum absolute atomic E-state index is 0.265. The zero-order valence-electron chi connectivity index (χ0n) is 17.8. The van der Waals surface area contributed by atoms with Crippen molar-refractivity contribution in [3.05, 3.63) is 41.5 Å². The van der Waals surface area contributed by atoms with E-state index in [9.17, 15) is 8.42 Å². The van der Waals surface area contributed by atoms with Crippen molar-refractivity contribution in [3.8, 4) is 17.2 Å². The van der Waals surface area contributed by atoms with Crippen LogP contribution in [0, 0.1) is 13.8 Å². The van der Waals surface area contributed by atoms with Crippen LogP contribution in [0.15, 0.2) is 33.7 Å². The summed E-state index contributed by atoms with van der Waals surface area (Å²) >= 11 is 0. The SMILES string of the molecule is Cc1nn(C)c(C)c1S(=O)(=O)N1CCC(Oc2ccccc2-c2nc(C3CC3)no2)C1. The van der Waals surface area contributed by atoms with Crippen LogP contribution in [0.2, 0.25) is 0 Å². The van der Waals surface area contributed by atoms with Gasteiger partial charge in [0.1, 0.15) is 16.7 Å². The van der Waals surface area contributed by atoms with Gasteiger partial charge in [-0.1, -0.05) is 17.3 Å². The Morgan fingerprint density at radius 2 is 1.94 bits per heavy atom. The van der Waals surface area contributed by atoms with Crippen molar-refractivity contribution in [3.63, 3.8) is 0 Å². The fraction of sp³-hybridized carbons (Fsp3) is 0.476. The number of benzene rings is 1. The molecule has 2 aliphatic rings. The highest BCUT2D eigenvalue weighted by molar-refractivity contribution is 7.89. The van der Waals surface area contributed by atoms with Crippen LogP contribution in [0.5, 0.6) is 5.75 Å². The van der Waals surface area contributed by atoms with Gasteiger partial charge in [-0.05, 0) is 45.2 Å². The number of hydrogen-bond acceptors (Lipinski definition) is 7. The first-order valence-corrected chi connectivity index (χ1v) is 11.9. The predicted octanol–water partition coefficient (Wildman–Crippen LogP) is 2.81. The van der Waals surface area contributed by atoms with Gasteiger partial charge in [0, 0.05) is 19.5 Å². The van der Waals surface area contributed by atoms with Gasteiger partial charge in [-0.15, -0.1) is 0 Å². The molecule has 1 saturated carbocycles. The minimum atomic E-state index is -3.64. The van der Waals surface area contributed by atoms with Crippen molar-refractivity contribution in [2.45, 2.75) is 50.0 Å². The molecule has 1 aliphatic heterocycles. The van der Waals surface area contributed by atoms with Crippen LogP contribution in [0.4, 0.5) is 0 Å². The zero-order valence-corrected chi connectivity index (χ0v) is 18.6. The lowest BCUT2D eigenvalue weighted by atomic mass is 10.2. The van der Waals surface area contributed by atoms with Gasteiger partial charge in [0.2, 0.25) is 10.0 Å². The van der Waals surface area contributed by atoms with Crippen LogP contribution >= 0.6 is 0 Å².